The quantitative estimate of drug-likeness (QED) is 0.846. The number of anilines is 1. The van der Waals surface area contributed by atoms with Gasteiger partial charge in [0.1, 0.15) is 5.75 Å². The van der Waals surface area contributed by atoms with Gasteiger partial charge in [-0.05, 0) is 44.2 Å². The number of nitrogens with zero attached hydrogens (tertiary/aromatic N) is 3. The SMILES string of the molecule is CCN(CC)c1ccc(O)c(/C=N/c2ccccn2)c1. The van der Waals surface area contributed by atoms with Gasteiger partial charge in [0, 0.05) is 36.8 Å². The summed E-state index contributed by atoms with van der Waals surface area (Å²) in [5.41, 5.74) is 1.77. The molecule has 104 valence electrons. The molecule has 0 aliphatic rings. The van der Waals surface area contributed by atoms with Gasteiger partial charge >= 0.3 is 0 Å². The number of aliphatic imine (C=N–C) groups is 1. The summed E-state index contributed by atoms with van der Waals surface area (Å²) in [6, 6.07) is 11.1. The second kappa shape index (κ2) is 6.70. The maximum Gasteiger partial charge on any atom is 0.151 e. The van der Waals surface area contributed by atoms with Gasteiger partial charge in [-0.3, -0.25) is 0 Å². The van der Waals surface area contributed by atoms with Gasteiger partial charge in [0.2, 0.25) is 0 Å². The van der Waals surface area contributed by atoms with E-state index in [1.807, 2.05) is 30.3 Å². The van der Waals surface area contributed by atoms with Crippen LogP contribution in [0.1, 0.15) is 19.4 Å². The zero-order valence-electron chi connectivity index (χ0n) is 11.8. The molecule has 0 unspecified atom stereocenters. The lowest BCUT2D eigenvalue weighted by Crippen LogP contribution is -2.21. The topological polar surface area (TPSA) is 48.7 Å². The van der Waals surface area contributed by atoms with Crippen LogP contribution in [0.2, 0.25) is 0 Å². The van der Waals surface area contributed by atoms with Crippen molar-refractivity contribution in [1.82, 2.24) is 4.98 Å². The maximum atomic E-state index is 9.91. The van der Waals surface area contributed by atoms with Crippen molar-refractivity contribution in [2.24, 2.45) is 4.99 Å². The Balaban J connectivity index is 2.27. The zero-order chi connectivity index (χ0) is 14.4. The van der Waals surface area contributed by atoms with Gasteiger partial charge in [-0.1, -0.05) is 6.07 Å². The molecule has 0 spiro atoms. The maximum absolute atomic E-state index is 9.91. The molecule has 1 N–H and O–H groups in total. The van der Waals surface area contributed by atoms with Crippen LogP contribution < -0.4 is 4.90 Å². The van der Waals surface area contributed by atoms with Crippen LogP contribution in [0.15, 0.2) is 47.6 Å². The standard InChI is InChI=1S/C16H19N3O/c1-3-19(4-2)14-8-9-15(20)13(11-14)12-18-16-7-5-6-10-17-16/h5-12,20H,3-4H2,1-2H3/b18-12+. The first kappa shape index (κ1) is 14.1. The minimum absolute atomic E-state index is 0.223. The first-order valence-corrected chi connectivity index (χ1v) is 6.77. The number of pyridine rings is 1. The highest BCUT2D eigenvalue weighted by atomic mass is 16.3. The lowest BCUT2D eigenvalue weighted by molar-refractivity contribution is 0.474. The number of aromatic nitrogens is 1. The Morgan fingerprint density at radius 1 is 1.20 bits per heavy atom. The van der Waals surface area contributed by atoms with E-state index in [-0.39, 0.29) is 5.75 Å². The summed E-state index contributed by atoms with van der Waals surface area (Å²) in [6.45, 7) is 6.08. The van der Waals surface area contributed by atoms with Crippen LogP contribution in [0.25, 0.3) is 0 Å². The molecular weight excluding hydrogens is 250 g/mol. The summed E-state index contributed by atoms with van der Waals surface area (Å²) >= 11 is 0. The van der Waals surface area contributed by atoms with Crippen LogP contribution in [-0.2, 0) is 0 Å². The van der Waals surface area contributed by atoms with Crippen molar-refractivity contribution in [3.63, 3.8) is 0 Å². The Bertz CT molecular complexity index is 578. The fraction of sp³-hybridized carbons (Fsp3) is 0.250. The van der Waals surface area contributed by atoms with E-state index in [0.29, 0.717) is 11.4 Å². The molecule has 20 heavy (non-hydrogen) atoms. The Morgan fingerprint density at radius 2 is 2.00 bits per heavy atom. The first-order valence-electron chi connectivity index (χ1n) is 6.77. The molecule has 0 saturated carbocycles. The predicted molar refractivity (Wildman–Crippen MR) is 83.2 cm³/mol. The number of benzene rings is 1. The Hall–Kier alpha value is -2.36. The van der Waals surface area contributed by atoms with Crippen molar-refractivity contribution in [3.05, 3.63) is 48.2 Å². The van der Waals surface area contributed by atoms with Crippen molar-refractivity contribution < 1.29 is 5.11 Å². The first-order chi connectivity index (χ1) is 9.74. The van der Waals surface area contributed by atoms with Crippen molar-refractivity contribution in [2.75, 3.05) is 18.0 Å². The smallest absolute Gasteiger partial charge is 0.151 e. The van der Waals surface area contributed by atoms with Crippen LogP contribution in [0, 0.1) is 0 Å². The van der Waals surface area contributed by atoms with Crippen molar-refractivity contribution >= 4 is 17.7 Å². The molecule has 1 aromatic carbocycles. The van der Waals surface area contributed by atoms with Crippen molar-refractivity contribution in [1.29, 1.82) is 0 Å². The molecule has 1 aromatic heterocycles. The number of hydrogen-bond donors (Lipinski definition) is 1. The number of phenolic OH excluding ortho intramolecular Hbond substituents is 1. The van der Waals surface area contributed by atoms with E-state index in [1.54, 1.807) is 18.5 Å². The fourth-order valence-corrected chi connectivity index (χ4v) is 2.00. The molecule has 2 aromatic rings. The average Bonchev–Trinajstić information content (AvgIpc) is 2.49. The van der Waals surface area contributed by atoms with Crippen LogP contribution in [0.3, 0.4) is 0 Å². The molecule has 0 atom stereocenters. The lowest BCUT2D eigenvalue weighted by Gasteiger charge is -2.21. The zero-order valence-corrected chi connectivity index (χ0v) is 11.8. The van der Waals surface area contributed by atoms with Gasteiger partial charge in [-0.15, -0.1) is 0 Å². The predicted octanol–water partition coefficient (Wildman–Crippen LogP) is 3.38. The highest BCUT2D eigenvalue weighted by molar-refractivity contribution is 5.86. The molecule has 0 fully saturated rings. The molecule has 0 bridgehead atoms. The third-order valence-corrected chi connectivity index (χ3v) is 3.12. The minimum atomic E-state index is 0.223. The van der Waals surface area contributed by atoms with E-state index < -0.39 is 0 Å². The van der Waals surface area contributed by atoms with E-state index >= 15 is 0 Å². The van der Waals surface area contributed by atoms with E-state index in [2.05, 4.69) is 28.7 Å². The number of phenols is 1. The summed E-state index contributed by atoms with van der Waals surface area (Å²) in [4.78, 5) is 10.6. The highest BCUT2D eigenvalue weighted by Gasteiger charge is 2.05. The summed E-state index contributed by atoms with van der Waals surface area (Å²) in [5.74, 6) is 0.848. The van der Waals surface area contributed by atoms with Gasteiger partial charge < -0.3 is 10.0 Å². The number of rotatable bonds is 5. The van der Waals surface area contributed by atoms with Gasteiger partial charge in [0.25, 0.3) is 0 Å². The monoisotopic (exact) mass is 269 g/mol. The second-order valence-corrected chi connectivity index (χ2v) is 4.36. The summed E-state index contributed by atoms with van der Waals surface area (Å²) in [6.07, 6.45) is 3.34. The van der Waals surface area contributed by atoms with Crippen LogP contribution in [0.4, 0.5) is 11.5 Å². The van der Waals surface area contributed by atoms with Gasteiger partial charge in [0.15, 0.2) is 5.82 Å². The van der Waals surface area contributed by atoms with Gasteiger partial charge in [-0.25, -0.2) is 9.98 Å². The number of hydrogen-bond acceptors (Lipinski definition) is 4. The molecule has 1 heterocycles. The van der Waals surface area contributed by atoms with E-state index in [4.69, 9.17) is 0 Å². The lowest BCUT2D eigenvalue weighted by atomic mass is 10.1. The second-order valence-electron chi connectivity index (χ2n) is 4.36. The van der Waals surface area contributed by atoms with Gasteiger partial charge in [0.05, 0.1) is 0 Å². The van der Waals surface area contributed by atoms with Crippen molar-refractivity contribution in [2.45, 2.75) is 13.8 Å². The van der Waals surface area contributed by atoms with E-state index in [1.165, 1.54) is 0 Å². The normalized spacial score (nSPS) is 10.9. The molecule has 0 saturated heterocycles. The largest absolute Gasteiger partial charge is 0.507 e. The average molecular weight is 269 g/mol. The molecule has 0 aliphatic carbocycles. The van der Waals surface area contributed by atoms with Gasteiger partial charge in [-0.2, -0.15) is 0 Å². The van der Waals surface area contributed by atoms with E-state index in [0.717, 1.165) is 18.8 Å². The summed E-state index contributed by atoms with van der Waals surface area (Å²) in [7, 11) is 0. The molecule has 4 nitrogen and oxygen atoms in total. The minimum Gasteiger partial charge on any atom is -0.507 e. The molecule has 0 aliphatic heterocycles. The third kappa shape index (κ3) is 3.35. The van der Waals surface area contributed by atoms with Crippen LogP contribution >= 0.6 is 0 Å². The highest BCUT2D eigenvalue weighted by Crippen LogP contribution is 2.23. The molecule has 0 amide bonds. The summed E-state index contributed by atoms with van der Waals surface area (Å²) in [5, 5.41) is 9.91. The van der Waals surface area contributed by atoms with E-state index in [9.17, 15) is 5.11 Å². The number of aromatic hydroxyl groups is 1. The van der Waals surface area contributed by atoms with Crippen molar-refractivity contribution in [3.8, 4) is 5.75 Å². The molecular formula is C16H19N3O. The third-order valence-electron chi connectivity index (χ3n) is 3.12. The molecule has 0 radical (unpaired) electrons. The summed E-state index contributed by atoms with van der Waals surface area (Å²) < 4.78 is 0. The Kier molecular flexibility index (Phi) is 4.71. The Labute approximate surface area is 119 Å². The Morgan fingerprint density at radius 3 is 2.65 bits per heavy atom. The fourth-order valence-electron chi connectivity index (χ4n) is 2.00. The molecule has 2 rings (SSSR count). The van der Waals surface area contributed by atoms with Crippen LogP contribution in [0.5, 0.6) is 5.75 Å². The van der Waals surface area contributed by atoms with Crippen LogP contribution in [-0.4, -0.2) is 29.4 Å². The molecule has 4 heteroatoms.